The van der Waals surface area contributed by atoms with Crippen molar-refractivity contribution in [2.45, 2.75) is 19.8 Å². The minimum atomic E-state index is -1.09. The van der Waals surface area contributed by atoms with Crippen molar-refractivity contribution in [3.05, 3.63) is 59.2 Å². The lowest BCUT2D eigenvalue weighted by Crippen LogP contribution is -2.09. The first-order valence-corrected chi connectivity index (χ1v) is 6.88. The van der Waals surface area contributed by atoms with Crippen LogP contribution in [0.1, 0.15) is 39.6 Å². The van der Waals surface area contributed by atoms with Crippen molar-refractivity contribution >= 4 is 11.9 Å². The molecule has 114 valence electrons. The highest BCUT2D eigenvalue weighted by Crippen LogP contribution is 2.22. The number of aromatic hydroxyl groups is 1. The predicted octanol–water partition coefficient (Wildman–Crippen LogP) is 3.26. The third kappa shape index (κ3) is 3.63. The number of esters is 1. The summed E-state index contributed by atoms with van der Waals surface area (Å²) in [5.74, 6) is -1.38. The van der Waals surface area contributed by atoms with Crippen LogP contribution in [0.5, 0.6) is 11.5 Å². The van der Waals surface area contributed by atoms with E-state index in [9.17, 15) is 14.7 Å². The van der Waals surface area contributed by atoms with Crippen molar-refractivity contribution in [3.8, 4) is 11.5 Å². The Labute approximate surface area is 127 Å². The van der Waals surface area contributed by atoms with E-state index >= 15 is 0 Å². The fourth-order valence-corrected chi connectivity index (χ4v) is 2.04. The lowest BCUT2D eigenvalue weighted by Gasteiger charge is -2.08. The summed E-state index contributed by atoms with van der Waals surface area (Å²) in [5, 5.41) is 18.6. The number of carbonyl (C=O) groups is 2. The van der Waals surface area contributed by atoms with Crippen LogP contribution >= 0.6 is 0 Å². The summed E-state index contributed by atoms with van der Waals surface area (Å²) >= 11 is 0. The fourth-order valence-electron chi connectivity index (χ4n) is 2.04. The van der Waals surface area contributed by atoms with Crippen molar-refractivity contribution in [1.82, 2.24) is 0 Å². The van der Waals surface area contributed by atoms with Gasteiger partial charge in [0.1, 0.15) is 11.5 Å². The van der Waals surface area contributed by atoms with Gasteiger partial charge in [-0.1, -0.05) is 19.4 Å². The molecule has 0 aliphatic carbocycles. The minimum absolute atomic E-state index is 0.0441. The first-order valence-electron chi connectivity index (χ1n) is 6.88. The molecule has 2 rings (SSSR count). The van der Waals surface area contributed by atoms with Crippen LogP contribution in [0.15, 0.2) is 42.5 Å². The molecule has 22 heavy (non-hydrogen) atoms. The number of hydrogen-bond donors (Lipinski definition) is 2. The van der Waals surface area contributed by atoms with Gasteiger partial charge in [0, 0.05) is 0 Å². The Morgan fingerprint density at radius 2 is 1.86 bits per heavy atom. The van der Waals surface area contributed by atoms with Gasteiger partial charge < -0.3 is 14.9 Å². The van der Waals surface area contributed by atoms with E-state index in [1.165, 1.54) is 36.4 Å². The third-order valence-corrected chi connectivity index (χ3v) is 3.13. The Morgan fingerprint density at radius 1 is 1.09 bits per heavy atom. The van der Waals surface area contributed by atoms with Crippen molar-refractivity contribution in [3.63, 3.8) is 0 Å². The van der Waals surface area contributed by atoms with Gasteiger partial charge in [-0.25, -0.2) is 9.59 Å². The van der Waals surface area contributed by atoms with Crippen LogP contribution in [-0.2, 0) is 6.42 Å². The molecule has 0 unspecified atom stereocenters. The number of carbonyl (C=O) groups excluding carboxylic acids is 1. The molecular weight excluding hydrogens is 284 g/mol. The molecule has 0 aliphatic rings. The molecule has 0 saturated heterocycles. The van der Waals surface area contributed by atoms with E-state index in [4.69, 9.17) is 9.84 Å². The van der Waals surface area contributed by atoms with Crippen molar-refractivity contribution in [2.24, 2.45) is 0 Å². The predicted molar refractivity (Wildman–Crippen MR) is 80.5 cm³/mol. The molecular formula is C17H16O5. The standard InChI is InChI=1S/C17H16O5/c1-2-4-11-9-13(7-8-15(11)18)17(21)22-14-6-3-5-12(10-14)16(19)20/h3,5-10,18H,2,4H2,1H3,(H,19,20). The number of carboxylic acid groups (broad SMARTS) is 1. The van der Waals surface area contributed by atoms with Crippen LogP contribution in [0, 0.1) is 0 Å². The Bertz CT molecular complexity index is 706. The third-order valence-electron chi connectivity index (χ3n) is 3.13. The SMILES string of the molecule is CCCc1cc(C(=O)Oc2cccc(C(=O)O)c2)ccc1O. The molecule has 0 spiro atoms. The summed E-state index contributed by atoms with van der Waals surface area (Å²) in [6.07, 6.45) is 1.49. The number of hydrogen-bond acceptors (Lipinski definition) is 4. The molecule has 0 aromatic heterocycles. The molecule has 2 aromatic carbocycles. The number of ether oxygens (including phenoxy) is 1. The second kappa shape index (κ2) is 6.76. The van der Waals surface area contributed by atoms with Gasteiger partial charge in [0.2, 0.25) is 0 Å². The van der Waals surface area contributed by atoms with Crippen molar-refractivity contribution in [1.29, 1.82) is 0 Å². The summed E-state index contributed by atoms with van der Waals surface area (Å²) in [5.41, 5.74) is 1.03. The maximum atomic E-state index is 12.1. The first-order chi connectivity index (χ1) is 10.5. The van der Waals surface area contributed by atoms with Crippen LogP contribution in [-0.4, -0.2) is 22.2 Å². The van der Waals surface area contributed by atoms with E-state index in [1.807, 2.05) is 6.92 Å². The number of rotatable bonds is 5. The van der Waals surface area contributed by atoms with Gasteiger partial charge in [-0.2, -0.15) is 0 Å². The van der Waals surface area contributed by atoms with Crippen molar-refractivity contribution < 1.29 is 24.5 Å². The number of aryl methyl sites for hydroxylation is 1. The largest absolute Gasteiger partial charge is 0.508 e. The van der Waals surface area contributed by atoms with Gasteiger partial charge in [0.05, 0.1) is 11.1 Å². The van der Waals surface area contributed by atoms with Gasteiger partial charge in [-0.05, 0) is 48.4 Å². The Morgan fingerprint density at radius 3 is 2.55 bits per heavy atom. The quantitative estimate of drug-likeness (QED) is 0.654. The van der Waals surface area contributed by atoms with Gasteiger partial charge >= 0.3 is 11.9 Å². The van der Waals surface area contributed by atoms with Crippen LogP contribution in [0.3, 0.4) is 0 Å². The average Bonchev–Trinajstić information content (AvgIpc) is 2.50. The highest BCUT2D eigenvalue weighted by Gasteiger charge is 2.12. The number of phenolic OH excluding ortho intramolecular Hbond substituents is 1. The van der Waals surface area contributed by atoms with Gasteiger partial charge in [0.15, 0.2) is 0 Å². The number of carboxylic acids is 1. The zero-order chi connectivity index (χ0) is 16.1. The maximum absolute atomic E-state index is 12.1. The maximum Gasteiger partial charge on any atom is 0.343 e. The first kappa shape index (κ1) is 15.6. The fraction of sp³-hybridized carbons (Fsp3) is 0.176. The topological polar surface area (TPSA) is 83.8 Å². The molecule has 0 aliphatic heterocycles. The zero-order valence-electron chi connectivity index (χ0n) is 12.1. The minimum Gasteiger partial charge on any atom is -0.508 e. The zero-order valence-corrected chi connectivity index (χ0v) is 12.1. The van der Waals surface area contributed by atoms with Gasteiger partial charge in [-0.15, -0.1) is 0 Å². The second-order valence-electron chi connectivity index (χ2n) is 4.82. The lowest BCUT2D eigenvalue weighted by atomic mass is 10.1. The van der Waals surface area contributed by atoms with E-state index in [0.717, 1.165) is 6.42 Å². The number of aromatic carboxylic acids is 1. The number of benzene rings is 2. The summed E-state index contributed by atoms with van der Waals surface area (Å²) in [6, 6.07) is 10.2. The van der Waals surface area contributed by atoms with Crippen LogP contribution in [0.4, 0.5) is 0 Å². The van der Waals surface area contributed by atoms with E-state index in [0.29, 0.717) is 17.5 Å². The molecule has 2 N–H and O–H groups in total. The second-order valence-corrected chi connectivity index (χ2v) is 4.82. The van der Waals surface area contributed by atoms with Crippen LogP contribution in [0.25, 0.3) is 0 Å². The molecule has 5 nitrogen and oxygen atoms in total. The molecule has 0 fully saturated rings. The Hall–Kier alpha value is -2.82. The molecule has 0 radical (unpaired) electrons. The van der Waals surface area contributed by atoms with E-state index < -0.39 is 11.9 Å². The highest BCUT2D eigenvalue weighted by atomic mass is 16.5. The summed E-state index contributed by atoms with van der Waals surface area (Å²) < 4.78 is 5.18. The lowest BCUT2D eigenvalue weighted by molar-refractivity contribution is 0.0687. The summed E-state index contributed by atoms with van der Waals surface area (Å²) in [7, 11) is 0. The normalized spacial score (nSPS) is 10.2. The smallest absolute Gasteiger partial charge is 0.343 e. The van der Waals surface area contributed by atoms with Crippen LogP contribution in [0.2, 0.25) is 0 Å². The number of phenols is 1. The molecule has 2 aromatic rings. The molecule has 0 bridgehead atoms. The van der Waals surface area contributed by atoms with Crippen molar-refractivity contribution in [2.75, 3.05) is 0 Å². The molecule has 0 amide bonds. The Kier molecular flexibility index (Phi) is 4.78. The molecule has 0 saturated carbocycles. The highest BCUT2D eigenvalue weighted by molar-refractivity contribution is 5.92. The van der Waals surface area contributed by atoms with E-state index in [-0.39, 0.29) is 17.1 Å². The van der Waals surface area contributed by atoms with Gasteiger partial charge in [-0.3, -0.25) is 0 Å². The monoisotopic (exact) mass is 300 g/mol. The molecule has 0 atom stereocenters. The van der Waals surface area contributed by atoms with E-state index in [1.54, 1.807) is 6.07 Å². The Balaban J connectivity index is 2.20. The summed E-state index contributed by atoms with van der Waals surface area (Å²) in [6.45, 7) is 1.97. The molecule has 5 heteroatoms. The summed E-state index contributed by atoms with van der Waals surface area (Å²) in [4.78, 5) is 23.0. The van der Waals surface area contributed by atoms with Crippen LogP contribution < -0.4 is 4.74 Å². The van der Waals surface area contributed by atoms with Gasteiger partial charge in [0.25, 0.3) is 0 Å². The van der Waals surface area contributed by atoms with E-state index in [2.05, 4.69) is 0 Å². The average molecular weight is 300 g/mol. The molecule has 0 heterocycles.